The number of piperidine rings is 1. The number of likely N-dealkylation sites (N-methyl/N-ethyl adjacent to an activating group) is 1. The zero-order valence-electron chi connectivity index (χ0n) is 11.7. The largest absolute Gasteiger partial charge is 0.354 e. The summed E-state index contributed by atoms with van der Waals surface area (Å²) >= 11 is 0. The average molecular weight is 255 g/mol. The molecule has 1 fully saturated rings. The van der Waals surface area contributed by atoms with E-state index in [1.807, 2.05) is 23.9 Å². The lowest BCUT2D eigenvalue weighted by Crippen LogP contribution is -2.42. The van der Waals surface area contributed by atoms with Gasteiger partial charge in [0.15, 0.2) is 0 Å². The fraction of sp³-hybridized carbons (Fsp3) is 0.846. The maximum absolute atomic E-state index is 11.9. The molecule has 5 nitrogen and oxygen atoms in total. The van der Waals surface area contributed by atoms with Crippen LogP contribution in [0.5, 0.6) is 0 Å². The minimum atomic E-state index is -0.167. The fourth-order valence-electron chi connectivity index (χ4n) is 2.15. The second kappa shape index (κ2) is 7.36. The molecule has 2 amide bonds. The summed E-state index contributed by atoms with van der Waals surface area (Å²) in [5.74, 6) is 0.350. The van der Waals surface area contributed by atoms with Gasteiger partial charge in [-0.15, -0.1) is 0 Å². The Morgan fingerprint density at radius 1 is 1.39 bits per heavy atom. The van der Waals surface area contributed by atoms with Crippen molar-refractivity contribution in [1.29, 1.82) is 0 Å². The Labute approximate surface area is 110 Å². The number of amides is 2. The van der Waals surface area contributed by atoms with Gasteiger partial charge in [0.1, 0.15) is 6.42 Å². The van der Waals surface area contributed by atoms with Crippen LogP contribution in [-0.4, -0.2) is 61.9 Å². The minimum absolute atomic E-state index is 0.0137. The average Bonchev–Trinajstić information content (AvgIpc) is 2.28. The van der Waals surface area contributed by atoms with Crippen molar-refractivity contribution in [3.8, 4) is 0 Å². The molecule has 5 heteroatoms. The third kappa shape index (κ3) is 5.49. The monoisotopic (exact) mass is 255 g/mol. The Morgan fingerprint density at radius 2 is 2.11 bits per heavy atom. The molecule has 1 saturated heterocycles. The first-order chi connectivity index (χ1) is 8.49. The molecule has 0 aromatic rings. The highest BCUT2D eigenvalue weighted by atomic mass is 16.2. The van der Waals surface area contributed by atoms with Crippen molar-refractivity contribution >= 4 is 11.8 Å². The highest BCUT2D eigenvalue weighted by Crippen LogP contribution is 2.15. The van der Waals surface area contributed by atoms with Crippen LogP contribution < -0.4 is 5.32 Å². The van der Waals surface area contributed by atoms with Crippen LogP contribution in [0, 0.1) is 5.92 Å². The van der Waals surface area contributed by atoms with Gasteiger partial charge >= 0.3 is 0 Å². The van der Waals surface area contributed by atoms with Crippen LogP contribution >= 0.6 is 0 Å². The molecule has 1 unspecified atom stereocenters. The number of carbonyl (C=O) groups is 2. The molecule has 0 saturated carbocycles. The van der Waals surface area contributed by atoms with E-state index in [0.29, 0.717) is 12.5 Å². The van der Waals surface area contributed by atoms with Gasteiger partial charge in [0.25, 0.3) is 0 Å². The molecular formula is C13H25N3O2. The fourth-order valence-corrected chi connectivity index (χ4v) is 2.15. The molecule has 1 N–H and O–H groups in total. The first-order valence-electron chi connectivity index (χ1n) is 6.68. The Hall–Kier alpha value is -1.10. The number of carbonyl (C=O) groups excluding carboxylic acids is 2. The second-order valence-corrected chi connectivity index (χ2v) is 5.42. The number of hydrogen-bond acceptors (Lipinski definition) is 3. The van der Waals surface area contributed by atoms with Crippen molar-refractivity contribution < 1.29 is 9.59 Å². The predicted octanol–water partition coefficient (Wildman–Crippen LogP) is 0.313. The smallest absolute Gasteiger partial charge is 0.232 e. The molecule has 1 atom stereocenters. The van der Waals surface area contributed by atoms with Gasteiger partial charge in [-0.1, -0.05) is 6.92 Å². The van der Waals surface area contributed by atoms with Crippen LogP contribution in [0.25, 0.3) is 0 Å². The lowest BCUT2D eigenvalue weighted by molar-refractivity contribution is -0.137. The highest BCUT2D eigenvalue weighted by molar-refractivity contribution is 5.96. The van der Waals surface area contributed by atoms with E-state index in [4.69, 9.17) is 0 Å². The van der Waals surface area contributed by atoms with Gasteiger partial charge in [0.05, 0.1) is 0 Å². The Bertz CT molecular complexity index is 292. The first-order valence-corrected chi connectivity index (χ1v) is 6.68. The zero-order valence-corrected chi connectivity index (χ0v) is 11.7. The molecule has 0 bridgehead atoms. The molecule has 0 aromatic carbocycles. The quantitative estimate of drug-likeness (QED) is 0.720. The molecule has 0 radical (unpaired) electrons. The zero-order chi connectivity index (χ0) is 13.5. The topological polar surface area (TPSA) is 52.7 Å². The molecular weight excluding hydrogens is 230 g/mol. The minimum Gasteiger partial charge on any atom is -0.354 e. The van der Waals surface area contributed by atoms with Crippen molar-refractivity contribution in [2.24, 2.45) is 5.92 Å². The third-order valence-electron chi connectivity index (χ3n) is 3.20. The van der Waals surface area contributed by atoms with E-state index < -0.39 is 0 Å². The predicted molar refractivity (Wildman–Crippen MR) is 71.2 cm³/mol. The number of likely N-dealkylation sites (tertiary alicyclic amines) is 1. The third-order valence-corrected chi connectivity index (χ3v) is 3.20. The van der Waals surface area contributed by atoms with E-state index >= 15 is 0 Å². The van der Waals surface area contributed by atoms with Gasteiger partial charge in [-0.2, -0.15) is 0 Å². The van der Waals surface area contributed by atoms with Crippen molar-refractivity contribution in [3.05, 3.63) is 0 Å². The van der Waals surface area contributed by atoms with Gasteiger partial charge in [-0.3, -0.25) is 9.59 Å². The van der Waals surface area contributed by atoms with E-state index in [1.54, 1.807) is 0 Å². The number of nitrogens with zero attached hydrogens (tertiary/aromatic N) is 2. The molecule has 1 aliphatic heterocycles. The maximum Gasteiger partial charge on any atom is 0.232 e. The van der Waals surface area contributed by atoms with Crippen LogP contribution in [0.2, 0.25) is 0 Å². The second-order valence-electron chi connectivity index (χ2n) is 5.42. The molecule has 18 heavy (non-hydrogen) atoms. The van der Waals surface area contributed by atoms with E-state index in [-0.39, 0.29) is 18.2 Å². The number of hydrogen-bond donors (Lipinski definition) is 1. The summed E-state index contributed by atoms with van der Waals surface area (Å²) in [6.45, 7) is 5.13. The SMILES string of the molecule is CC1CCCN(C(=O)CC(=O)NCCN(C)C)C1. The van der Waals surface area contributed by atoms with Crippen LogP contribution in [0.1, 0.15) is 26.2 Å². The van der Waals surface area contributed by atoms with E-state index in [1.165, 1.54) is 6.42 Å². The molecule has 1 heterocycles. The molecule has 1 aliphatic rings. The van der Waals surface area contributed by atoms with E-state index in [9.17, 15) is 9.59 Å². The summed E-state index contributed by atoms with van der Waals surface area (Å²) in [5.41, 5.74) is 0. The molecule has 104 valence electrons. The summed E-state index contributed by atoms with van der Waals surface area (Å²) in [6, 6.07) is 0. The van der Waals surface area contributed by atoms with Crippen molar-refractivity contribution in [3.63, 3.8) is 0 Å². The molecule has 0 aliphatic carbocycles. The first kappa shape index (κ1) is 15.0. The van der Waals surface area contributed by atoms with Crippen LogP contribution in [0.15, 0.2) is 0 Å². The van der Waals surface area contributed by atoms with Gasteiger partial charge in [0.2, 0.25) is 11.8 Å². The van der Waals surface area contributed by atoms with Gasteiger partial charge in [0, 0.05) is 26.2 Å². The summed E-state index contributed by atoms with van der Waals surface area (Å²) in [7, 11) is 3.90. The maximum atomic E-state index is 11.9. The van der Waals surface area contributed by atoms with Crippen LogP contribution in [0.4, 0.5) is 0 Å². The number of nitrogens with one attached hydrogen (secondary N) is 1. The van der Waals surface area contributed by atoms with Crippen molar-refractivity contribution in [2.45, 2.75) is 26.2 Å². The van der Waals surface area contributed by atoms with Gasteiger partial charge in [-0.05, 0) is 32.9 Å². The molecule has 0 spiro atoms. The Morgan fingerprint density at radius 3 is 2.72 bits per heavy atom. The van der Waals surface area contributed by atoms with E-state index in [2.05, 4.69) is 12.2 Å². The van der Waals surface area contributed by atoms with Crippen molar-refractivity contribution in [2.75, 3.05) is 40.3 Å². The van der Waals surface area contributed by atoms with E-state index in [0.717, 1.165) is 26.1 Å². The Kier molecular flexibility index (Phi) is 6.12. The summed E-state index contributed by atoms with van der Waals surface area (Å²) < 4.78 is 0. The lowest BCUT2D eigenvalue weighted by atomic mass is 10.00. The summed E-state index contributed by atoms with van der Waals surface area (Å²) in [6.07, 6.45) is 2.22. The molecule has 0 aromatic heterocycles. The summed E-state index contributed by atoms with van der Waals surface area (Å²) in [4.78, 5) is 27.3. The Balaban J connectivity index is 2.24. The van der Waals surface area contributed by atoms with Gasteiger partial charge in [-0.25, -0.2) is 0 Å². The standard InChI is InChI=1S/C13H25N3O2/c1-11-5-4-7-16(10-11)13(18)9-12(17)14-6-8-15(2)3/h11H,4-10H2,1-3H3,(H,14,17). The van der Waals surface area contributed by atoms with Crippen LogP contribution in [-0.2, 0) is 9.59 Å². The normalized spacial score (nSPS) is 20.0. The van der Waals surface area contributed by atoms with Crippen LogP contribution in [0.3, 0.4) is 0 Å². The summed E-state index contributed by atoms with van der Waals surface area (Å²) in [5, 5.41) is 2.77. The van der Waals surface area contributed by atoms with Gasteiger partial charge < -0.3 is 15.1 Å². The molecule has 1 rings (SSSR count). The lowest BCUT2D eigenvalue weighted by Gasteiger charge is -2.30. The number of rotatable bonds is 5. The highest BCUT2D eigenvalue weighted by Gasteiger charge is 2.22. The van der Waals surface area contributed by atoms with Crippen molar-refractivity contribution in [1.82, 2.24) is 15.1 Å².